The average molecular weight is 718 g/mol. The van der Waals surface area contributed by atoms with Gasteiger partial charge in [0.05, 0.1) is 13.2 Å². The highest BCUT2D eigenvalue weighted by Crippen LogP contribution is 2.43. The average Bonchev–Trinajstić information content (AvgIpc) is 3.07. The van der Waals surface area contributed by atoms with Crippen LogP contribution in [0.4, 0.5) is 0 Å². The third kappa shape index (κ3) is 32.9. The Morgan fingerprint density at radius 3 is 1.65 bits per heavy atom. The number of rotatable bonds is 35. The smallest absolute Gasteiger partial charge is 0.472 e. The number of ether oxygens (including phenoxy) is 2. The molecule has 0 heterocycles. The maximum atomic E-state index is 12.5. The molecule has 0 aromatic carbocycles. The molecule has 0 aromatic rings. The van der Waals surface area contributed by atoms with E-state index in [2.05, 4.69) is 36.6 Å². The minimum absolute atomic E-state index is 0.0994. The summed E-state index contributed by atoms with van der Waals surface area (Å²) in [7, 11) is -4.71. The zero-order valence-corrected chi connectivity index (χ0v) is 31.4. The van der Waals surface area contributed by atoms with Crippen LogP contribution in [0.2, 0.25) is 0 Å². The minimum atomic E-state index is -4.71. The van der Waals surface area contributed by atoms with Gasteiger partial charge in [-0.25, -0.2) is 4.57 Å². The number of phosphoric ester groups is 1. The molecule has 0 bridgehead atoms. The van der Waals surface area contributed by atoms with Crippen molar-refractivity contribution in [3.63, 3.8) is 0 Å². The molecule has 0 fully saturated rings. The van der Waals surface area contributed by atoms with Crippen molar-refractivity contribution < 1.29 is 47.5 Å². The summed E-state index contributed by atoms with van der Waals surface area (Å²) in [5.41, 5.74) is 5.30. The number of nitrogens with two attached hydrogens (primary N) is 1. The van der Waals surface area contributed by atoms with Crippen LogP contribution >= 0.6 is 7.82 Å². The molecule has 0 radical (unpaired) electrons. The van der Waals surface area contributed by atoms with Gasteiger partial charge in [-0.2, -0.15) is 0 Å². The van der Waals surface area contributed by atoms with E-state index in [9.17, 15) is 23.8 Å². The van der Waals surface area contributed by atoms with Crippen LogP contribution in [0.25, 0.3) is 0 Å². The molecule has 4 N–H and O–H groups in total. The summed E-state index contributed by atoms with van der Waals surface area (Å²) < 4.78 is 32.4. The molecular weight excluding hydrogens is 649 g/mol. The molecule has 0 saturated carbocycles. The molecule has 49 heavy (non-hydrogen) atoms. The molecule has 3 atom stereocenters. The first-order chi connectivity index (χ1) is 23.6. The molecule has 0 rings (SSSR count). The van der Waals surface area contributed by atoms with Crippen LogP contribution in [0.15, 0.2) is 24.3 Å². The topological polar surface area (TPSA) is 172 Å². The van der Waals surface area contributed by atoms with Crippen molar-refractivity contribution in [2.75, 3.05) is 19.8 Å². The Morgan fingerprint density at radius 1 is 0.633 bits per heavy atom. The minimum Gasteiger partial charge on any atom is -0.480 e. The third-order valence-electron chi connectivity index (χ3n) is 7.95. The SMILES string of the molecule is CCCCCCCCCCC/C=C/C/C=C/CCCC(=O)O[C@@H](COC(=O)CCCCCCCCCC)COP(=O)(O)OC[C@H](N)C(=O)O. The van der Waals surface area contributed by atoms with Crippen molar-refractivity contribution in [2.45, 2.75) is 174 Å². The highest BCUT2D eigenvalue weighted by atomic mass is 31.2. The summed E-state index contributed by atoms with van der Waals surface area (Å²) in [5.74, 6) is -2.44. The number of carboxylic acids is 1. The van der Waals surface area contributed by atoms with Crippen LogP contribution in [0.1, 0.15) is 162 Å². The fourth-order valence-corrected chi connectivity index (χ4v) is 5.70. The molecule has 0 spiro atoms. The molecule has 0 amide bonds. The second kappa shape index (κ2) is 33.1. The van der Waals surface area contributed by atoms with Gasteiger partial charge in [0.2, 0.25) is 0 Å². The van der Waals surface area contributed by atoms with Crippen LogP contribution in [-0.4, -0.2) is 59.9 Å². The van der Waals surface area contributed by atoms with Crippen LogP contribution in [-0.2, 0) is 37.5 Å². The van der Waals surface area contributed by atoms with E-state index in [-0.39, 0.29) is 19.4 Å². The van der Waals surface area contributed by atoms with E-state index >= 15 is 0 Å². The van der Waals surface area contributed by atoms with E-state index in [0.29, 0.717) is 19.3 Å². The van der Waals surface area contributed by atoms with Crippen LogP contribution in [0, 0.1) is 0 Å². The van der Waals surface area contributed by atoms with Gasteiger partial charge in [-0.3, -0.25) is 23.4 Å². The van der Waals surface area contributed by atoms with Crippen LogP contribution < -0.4 is 5.73 Å². The monoisotopic (exact) mass is 717 g/mol. The number of hydrogen-bond donors (Lipinski definition) is 3. The second-order valence-electron chi connectivity index (χ2n) is 12.7. The molecule has 0 aliphatic carbocycles. The normalized spacial score (nSPS) is 14.2. The predicted molar refractivity (Wildman–Crippen MR) is 194 cm³/mol. The fraction of sp³-hybridized carbons (Fsp3) is 0.811. The number of allylic oxidation sites excluding steroid dienone is 4. The highest BCUT2D eigenvalue weighted by molar-refractivity contribution is 7.47. The molecule has 0 aliphatic rings. The first-order valence-corrected chi connectivity index (χ1v) is 20.4. The summed E-state index contributed by atoms with van der Waals surface area (Å²) in [6.07, 6.45) is 31.4. The molecule has 286 valence electrons. The van der Waals surface area contributed by atoms with Crippen molar-refractivity contribution in [2.24, 2.45) is 5.73 Å². The molecule has 0 saturated heterocycles. The van der Waals surface area contributed by atoms with Gasteiger partial charge in [-0.15, -0.1) is 0 Å². The van der Waals surface area contributed by atoms with Crippen LogP contribution in [0.3, 0.4) is 0 Å². The number of unbranched alkanes of at least 4 members (excludes halogenated alkanes) is 17. The second-order valence-corrected chi connectivity index (χ2v) is 14.2. The summed E-state index contributed by atoms with van der Waals surface area (Å²) in [4.78, 5) is 45.6. The van der Waals surface area contributed by atoms with Crippen molar-refractivity contribution in [3.8, 4) is 0 Å². The Hall–Kier alpha value is -2.04. The van der Waals surface area contributed by atoms with E-state index in [4.69, 9.17) is 24.8 Å². The van der Waals surface area contributed by atoms with Crippen LogP contribution in [0.5, 0.6) is 0 Å². The van der Waals surface area contributed by atoms with E-state index in [0.717, 1.165) is 32.1 Å². The van der Waals surface area contributed by atoms with Gasteiger partial charge < -0.3 is 25.2 Å². The number of esters is 2. The summed E-state index contributed by atoms with van der Waals surface area (Å²) in [5, 5.41) is 8.84. The summed E-state index contributed by atoms with van der Waals surface area (Å²) in [6.45, 7) is 2.70. The molecule has 1 unspecified atom stereocenters. The zero-order valence-electron chi connectivity index (χ0n) is 30.5. The number of hydrogen-bond acceptors (Lipinski definition) is 9. The zero-order chi connectivity index (χ0) is 36.4. The first kappa shape index (κ1) is 47.0. The van der Waals surface area contributed by atoms with E-state index in [1.807, 2.05) is 6.08 Å². The maximum Gasteiger partial charge on any atom is 0.472 e. The van der Waals surface area contributed by atoms with Gasteiger partial charge in [0.15, 0.2) is 6.10 Å². The van der Waals surface area contributed by atoms with Gasteiger partial charge >= 0.3 is 25.7 Å². The largest absolute Gasteiger partial charge is 0.480 e. The molecule has 11 nitrogen and oxygen atoms in total. The van der Waals surface area contributed by atoms with Crippen molar-refractivity contribution in [3.05, 3.63) is 24.3 Å². The Kier molecular flexibility index (Phi) is 31.7. The van der Waals surface area contributed by atoms with E-state index < -0.39 is 51.1 Å². The lowest BCUT2D eigenvalue weighted by Gasteiger charge is -2.20. The maximum absolute atomic E-state index is 12.5. The lowest BCUT2D eigenvalue weighted by Crippen LogP contribution is -2.34. The Morgan fingerprint density at radius 2 is 1.10 bits per heavy atom. The number of phosphoric acid groups is 1. The Bertz CT molecular complexity index is 942. The highest BCUT2D eigenvalue weighted by Gasteiger charge is 2.28. The lowest BCUT2D eigenvalue weighted by molar-refractivity contribution is -0.161. The summed E-state index contributed by atoms with van der Waals surface area (Å²) in [6, 6.07) is -1.52. The molecule has 0 aromatic heterocycles. The molecule has 12 heteroatoms. The standard InChI is InChI=1S/C37H68NO10P/c1-3-5-7-9-11-13-14-15-16-17-18-19-20-21-23-25-27-29-36(40)48-33(31-46-49(43,44)47-32-34(38)37(41)42)30-45-35(39)28-26-24-22-12-10-8-6-4-2/h18-19,21,23,33-34H,3-17,20,22,24-32,38H2,1-2H3,(H,41,42)(H,43,44)/b19-18+,23-21+/t33-,34-/m0/s1. The van der Waals surface area contributed by atoms with Gasteiger partial charge in [-0.05, 0) is 38.5 Å². The quantitative estimate of drug-likeness (QED) is 0.0247. The lowest BCUT2D eigenvalue weighted by atomic mass is 10.1. The number of carbonyl (C=O) groups is 3. The van der Waals surface area contributed by atoms with Crippen molar-refractivity contribution >= 4 is 25.7 Å². The van der Waals surface area contributed by atoms with Crippen molar-refractivity contribution in [1.82, 2.24) is 0 Å². The van der Waals surface area contributed by atoms with Gasteiger partial charge in [0, 0.05) is 12.8 Å². The molecule has 0 aliphatic heterocycles. The third-order valence-corrected chi connectivity index (χ3v) is 8.90. The van der Waals surface area contributed by atoms with Gasteiger partial charge in [-0.1, -0.05) is 134 Å². The first-order valence-electron chi connectivity index (χ1n) is 18.9. The number of aliphatic carboxylic acids is 1. The van der Waals surface area contributed by atoms with E-state index in [1.54, 1.807) is 0 Å². The number of carboxylic acid groups (broad SMARTS) is 1. The predicted octanol–water partition coefficient (Wildman–Crippen LogP) is 9.11. The van der Waals surface area contributed by atoms with E-state index in [1.165, 1.54) is 83.5 Å². The Balaban J connectivity index is 4.46. The summed E-state index contributed by atoms with van der Waals surface area (Å²) >= 11 is 0. The molecular formula is C37H68NO10P. The fourth-order valence-electron chi connectivity index (χ4n) is 4.93. The van der Waals surface area contributed by atoms with Gasteiger partial charge in [0.25, 0.3) is 0 Å². The number of carbonyl (C=O) groups excluding carboxylic acids is 2. The van der Waals surface area contributed by atoms with Crippen molar-refractivity contribution in [1.29, 1.82) is 0 Å². The Labute approximate surface area is 296 Å². The van der Waals surface area contributed by atoms with Gasteiger partial charge in [0.1, 0.15) is 12.6 Å².